The van der Waals surface area contributed by atoms with E-state index in [1.54, 1.807) is 26.8 Å². The van der Waals surface area contributed by atoms with Crippen molar-refractivity contribution in [1.29, 1.82) is 5.26 Å². The Morgan fingerprint density at radius 1 is 1.59 bits per heavy atom. The summed E-state index contributed by atoms with van der Waals surface area (Å²) in [6.07, 6.45) is 0.915. The second-order valence-corrected chi connectivity index (χ2v) is 5.34. The Morgan fingerprint density at radius 3 is 2.76 bits per heavy atom. The maximum Gasteiger partial charge on any atom is 0.412 e. The maximum atomic E-state index is 11.5. The normalized spacial score (nSPS) is 10.5. The van der Waals surface area contributed by atoms with Crippen LogP contribution in [-0.4, -0.2) is 16.7 Å². The number of amides is 1. The Morgan fingerprint density at radius 2 is 2.24 bits per heavy atom. The number of rotatable bonds is 1. The molecule has 0 fully saturated rings. The molecular weight excluding hydrogens is 333 g/mol. The minimum Gasteiger partial charge on any atom is -0.444 e. The summed E-state index contributed by atoms with van der Waals surface area (Å²) in [5, 5.41) is 11.4. The van der Waals surface area contributed by atoms with Crippen LogP contribution >= 0.6 is 22.6 Å². The Balaban J connectivity index is 2.83. The van der Waals surface area contributed by atoms with Crippen molar-refractivity contribution in [3.8, 4) is 6.07 Å². The van der Waals surface area contributed by atoms with Crippen molar-refractivity contribution >= 4 is 34.4 Å². The molecule has 1 rings (SSSR count). The van der Waals surface area contributed by atoms with Gasteiger partial charge in [0, 0.05) is 6.20 Å². The first-order valence-corrected chi connectivity index (χ1v) is 5.96. The van der Waals surface area contributed by atoms with E-state index in [0.717, 1.165) is 0 Å². The first kappa shape index (κ1) is 13.7. The van der Waals surface area contributed by atoms with Gasteiger partial charge >= 0.3 is 6.09 Å². The highest BCUT2D eigenvalue weighted by Gasteiger charge is 2.17. The third kappa shape index (κ3) is 4.19. The summed E-state index contributed by atoms with van der Waals surface area (Å²) < 4.78 is 5.71. The molecule has 1 aromatic heterocycles. The Hall–Kier alpha value is -1.36. The summed E-state index contributed by atoms with van der Waals surface area (Å²) in [5.74, 6) is 0. The van der Waals surface area contributed by atoms with Crippen molar-refractivity contribution in [2.75, 3.05) is 5.32 Å². The largest absolute Gasteiger partial charge is 0.444 e. The summed E-state index contributed by atoms with van der Waals surface area (Å²) in [6, 6.07) is 3.56. The predicted octanol–water partition coefficient (Wildman–Crippen LogP) is 2.90. The van der Waals surface area contributed by atoms with E-state index in [1.165, 1.54) is 6.20 Å². The smallest absolute Gasteiger partial charge is 0.412 e. The van der Waals surface area contributed by atoms with Gasteiger partial charge in [-0.15, -0.1) is 0 Å². The third-order valence-electron chi connectivity index (χ3n) is 1.63. The van der Waals surface area contributed by atoms with Gasteiger partial charge in [0.05, 0.1) is 9.26 Å². The molecule has 1 N–H and O–H groups in total. The molecule has 0 aromatic carbocycles. The number of nitriles is 1. The number of carbonyl (C=O) groups is 1. The molecule has 0 bridgehead atoms. The summed E-state index contributed by atoms with van der Waals surface area (Å²) in [5.41, 5.74) is 0.242. The van der Waals surface area contributed by atoms with E-state index in [9.17, 15) is 4.79 Å². The highest BCUT2D eigenvalue weighted by molar-refractivity contribution is 14.1. The fraction of sp³-hybridized carbons (Fsp3) is 0.364. The highest BCUT2D eigenvalue weighted by atomic mass is 127. The Labute approximate surface area is 113 Å². The van der Waals surface area contributed by atoms with E-state index in [0.29, 0.717) is 9.26 Å². The van der Waals surface area contributed by atoms with Gasteiger partial charge in [-0.25, -0.2) is 9.78 Å². The molecule has 6 heteroatoms. The first-order chi connectivity index (χ1) is 7.83. The molecule has 1 amide bonds. The summed E-state index contributed by atoms with van der Waals surface area (Å²) in [7, 11) is 0. The average Bonchev–Trinajstić information content (AvgIpc) is 2.18. The lowest BCUT2D eigenvalue weighted by molar-refractivity contribution is 0.0636. The molecule has 90 valence electrons. The number of aromatic nitrogens is 1. The van der Waals surface area contributed by atoms with Crippen LogP contribution in [0.3, 0.4) is 0 Å². The van der Waals surface area contributed by atoms with Crippen molar-refractivity contribution in [2.45, 2.75) is 26.4 Å². The lowest BCUT2D eigenvalue weighted by Crippen LogP contribution is -2.27. The third-order valence-corrected chi connectivity index (χ3v) is 2.72. The first-order valence-electron chi connectivity index (χ1n) is 4.88. The zero-order valence-corrected chi connectivity index (χ0v) is 11.9. The van der Waals surface area contributed by atoms with Crippen LogP contribution in [0, 0.1) is 14.9 Å². The molecule has 0 aliphatic carbocycles. The van der Waals surface area contributed by atoms with Crippen molar-refractivity contribution in [1.82, 2.24) is 4.98 Å². The van der Waals surface area contributed by atoms with Gasteiger partial charge in [0.15, 0.2) is 5.69 Å². The molecule has 0 aliphatic rings. The van der Waals surface area contributed by atoms with Crippen LogP contribution in [0.2, 0.25) is 0 Å². The van der Waals surface area contributed by atoms with E-state index < -0.39 is 11.7 Å². The van der Waals surface area contributed by atoms with Crippen molar-refractivity contribution in [3.05, 3.63) is 21.5 Å². The van der Waals surface area contributed by atoms with Crippen molar-refractivity contribution in [3.63, 3.8) is 0 Å². The summed E-state index contributed by atoms with van der Waals surface area (Å²) >= 11 is 1.96. The van der Waals surface area contributed by atoms with Gasteiger partial charge in [0.25, 0.3) is 0 Å². The topological polar surface area (TPSA) is 75.0 Å². The van der Waals surface area contributed by atoms with Gasteiger partial charge in [0.2, 0.25) is 0 Å². The molecule has 0 spiro atoms. The fourth-order valence-corrected chi connectivity index (χ4v) is 1.61. The number of nitrogens with one attached hydrogen (secondary N) is 1. The number of halogens is 1. The minimum atomic E-state index is -0.555. The molecule has 5 nitrogen and oxygen atoms in total. The van der Waals surface area contributed by atoms with Crippen LogP contribution in [0.1, 0.15) is 26.5 Å². The average molecular weight is 345 g/mol. The molecule has 0 atom stereocenters. The molecule has 0 saturated heterocycles. The SMILES string of the molecule is CC(C)(C)OC(=O)Nc1ccnc(C#N)c1I. The van der Waals surface area contributed by atoms with Gasteiger partial charge in [-0.05, 0) is 49.4 Å². The summed E-state index contributed by atoms with van der Waals surface area (Å²) in [4.78, 5) is 15.4. The number of carbonyl (C=O) groups excluding carboxylic acids is 1. The molecule has 0 aliphatic heterocycles. The van der Waals surface area contributed by atoms with E-state index in [4.69, 9.17) is 10.00 Å². The highest BCUT2D eigenvalue weighted by Crippen LogP contribution is 2.20. The minimum absolute atomic E-state index is 0.277. The quantitative estimate of drug-likeness (QED) is 0.794. The van der Waals surface area contributed by atoms with Gasteiger partial charge in [-0.1, -0.05) is 0 Å². The number of pyridine rings is 1. The molecule has 0 radical (unpaired) electrons. The van der Waals surface area contributed by atoms with Crippen molar-refractivity contribution in [2.24, 2.45) is 0 Å². The molecule has 1 aromatic rings. The number of hydrogen-bond acceptors (Lipinski definition) is 4. The predicted molar refractivity (Wildman–Crippen MR) is 71.5 cm³/mol. The lowest BCUT2D eigenvalue weighted by atomic mass is 10.2. The van der Waals surface area contributed by atoms with E-state index in [-0.39, 0.29) is 5.69 Å². The van der Waals surface area contributed by atoms with Crippen molar-refractivity contribution < 1.29 is 9.53 Å². The van der Waals surface area contributed by atoms with Crippen LogP contribution in [0.4, 0.5) is 10.5 Å². The van der Waals surface area contributed by atoms with E-state index >= 15 is 0 Å². The monoisotopic (exact) mass is 345 g/mol. The fourth-order valence-electron chi connectivity index (χ4n) is 1.03. The second-order valence-electron chi connectivity index (χ2n) is 4.26. The van der Waals surface area contributed by atoms with Gasteiger partial charge in [0.1, 0.15) is 11.7 Å². The van der Waals surface area contributed by atoms with Gasteiger partial charge < -0.3 is 4.74 Å². The number of ether oxygens (including phenoxy) is 1. The zero-order chi connectivity index (χ0) is 13.1. The number of anilines is 1. The molecular formula is C11H12IN3O2. The molecule has 0 saturated carbocycles. The van der Waals surface area contributed by atoms with Crippen LogP contribution in [0.5, 0.6) is 0 Å². The summed E-state index contributed by atoms with van der Waals surface area (Å²) in [6.45, 7) is 5.35. The van der Waals surface area contributed by atoms with Gasteiger partial charge in [-0.3, -0.25) is 5.32 Å². The number of nitrogens with zero attached hydrogens (tertiary/aromatic N) is 2. The standard InChI is InChI=1S/C11H12IN3O2/c1-11(2,3)17-10(16)15-7-4-5-14-8(6-13)9(7)12/h4-5H,1-3H3,(H,14,15,16). The van der Waals surface area contributed by atoms with Crippen LogP contribution in [-0.2, 0) is 4.74 Å². The number of hydrogen-bond donors (Lipinski definition) is 1. The second kappa shape index (κ2) is 5.31. The van der Waals surface area contributed by atoms with Gasteiger partial charge in [-0.2, -0.15) is 5.26 Å². The van der Waals surface area contributed by atoms with Crippen LogP contribution in [0.15, 0.2) is 12.3 Å². The lowest BCUT2D eigenvalue weighted by Gasteiger charge is -2.20. The molecule has 0 unspecified atom stereocenters. The van der Waals surface area contributed by atoms with E-state index in [2.05, 4.69) is 10.3 Å². The Kier molecular flexibility index (Phi) is 4.28. The zero-order valence-electron chi connectivity index (χ0n) is 9.74. The maximum absolute atomic E-state index is 11.5. The Bertz CT molecular complexity index is 475. The van der Waals surface area contributed by atoms with E-state index in [1.807, 2.05) is 28.7 Å². The molecule has 17 heavy (non-hydrogen) atoms. The molecule has 1 heterocycles. The van der Waals surface area contributed by atoms with Crippen LogP contribution < -0.4 is 5.32 Å². The van der Waals surface area contributed by atoms with Crippen LogP contribution in [0.25, 0.3) is 0 Å².